The van der Waals surface area contributed by atoms with E-state index in [2.05, 4.69) is 5.32 Å². The first-order chi connectivity index (χ1) is 16.4. The van der Waals surface area contributed by atoms with Crippen LogP contribution < -0.4 is 14.4 Å². The van der Waals surface area contributed by atoms with Gasteiger partial charge >= 0.3 is 0 Å². The molecule has 0 fully saturated rings. The fraction of sp³-hybridized carbons (Fsp3) is 0.364. The predicted octanol–water partition coefficient (Wildman–Crippen LogP) is 2.06. The summed E-state index contributed by atoms with van der Waals surface area (Å²) < 4.78 is 45.4. The van der Waals surface area contributed by atoms with Crippen LogP contribution >= 0.6 is 0 Å². The smallest absolute Gasteiger partial charge is 0.271 e. The van der Waals surface area contributed by atoms with Crippen LogP contribution in [-0.4, -0.2) is 62.6 Å². The second kappa shape index (κ2) is 11.6. The van der Waals surface area contributed by atoms with Gasteiger partial charge in [-0.1, -0.05) is 18.2 Å². The first-order valence-corrected chi connectivity index (χ1v) is 12.4. The van der Waals surface area contributed by atoms with E-state index in [4.69, 9.17) is 4.74 Å². The number of ether oxygens (including phenoxy) is 1. The SMILES string of the molecule is CCNC(=O)[C@H](C)N(Cc1ccccc1F)C(=O)CN(c1cc([N+](=O)[O-])ccc1OC)S(C)(=O)=O. The van der Waals surface area contributed by atoms with E-state index in [-0.39, 0.29) is 30.1 Å². The Balaban J connectivity index is 2.53. The van der Waals surface area contributed by atoms with Crippen molar-refractivity contribution in [3.63, 3.8) is 0 Å². The molecule has 0 heterocycles. The minimum Gasteiger partial charge on any atom is -0.495 e. The van der Waals surface area contributed by atoms with Crippen LogP contribution in [0.3, 0.4) is 0 Å². The summed E-state index contributed by atoms with van der Waals surface area (Å²) in [5, 5.41) is 13.8. The summed E-state index contributed by atoms with van der Waals surface area (Å²) in [6, 6.07) is 7.92. The van der Waals surface area contributed by atoms with Crippen LogP contribution in [0.2, 0.25) is 0 Å². The van der Waals surface area contributed by atoms with Crippen molar-refractivity contribution in [2.24, 2.45) is 0 Å². The minimum atomic E-state index is -4.15. The number of nitro benzene ring substituents is 1. The summed E-state index contributed by atoms with van der Waals surface area (Å²) in [4.78, 5) is 37.5. The third kappa shape index (κ3) is 6.88. The molecule has 1 atom stereocenters. The van der Waals surface area contributed by atoms with Gasteiger partial charge in [-0.05, 0) is 26.0 Å². The lowest BCUT2D eigenvalue weighted by molar-refractivity contribution is -0.384. The second-order valence-corrected chi connectivity index (χ2v) is 9.47. The molecule has 11 nitrogen and oxygen atoms in total. The molecular formula is C22H27FN4O7S. The summed E-state index contributed by atoms with van der Waals surface area (Å²) in [6.45, 7) is 2.28. The number of halogens is 1. The van der Waals surface area contributed by atoms with E-state index in [0.29, 0.717) is 4.31 Å². The zero-order valence-electron chi connectivity index (χ0n) is 19.7. The molecule has 0 aliphatic carbocycles. The van der Waals surface area contributed by atoms with Crippen molar-refractivity contribution >= 4 is 33.2 Å². The van der Waals surface area contributed by atoms with Crippen molar-refractivity contribution in [2.45, 2.75) is 26.4 Å². The third-order valence-electron chi connectivity index (χ3n) is 5.14. The molecule has 1 N–H and O–H groups in total. The lowest BCUT2D eigenvalue weighted by Crippen LogP contribution is -2.51. The van der Waals surface area contributed by atoms with Gasteiger partial charge in [-0.3, -0.25) is 24.0 Å². The van der Waals surface area contributed by atoms with Gasteiger partial charge in [0.2, 0.25) is 21.8 Å². The molecule has 2 amide bonds. The Morgan fingerprint density at radius 1 is 1.23 bits per heavy atom. The molecular weight excluding hydrogens is 483 g/mol. The molecule has 0 saturated carbocycles. The van der Waals surface area contributed by atoms with Gasteiger partial charge < -0.3 is 15.0 Å². The van der Waals surface area contributed by atoms with Crippen molar-refractivity contribution in [1.82, 2.24) is 10.2 Å². The van der Waals surface area contributed by atoms with Crippen molar-refractivity contribution in [3.05, 3.63) is 64.0 Å². The number of sulfonamides is 1. The number of nitrogens with one attached hydrogen (secondary N) is 1. The topological polar surface area (TPSA) is 139 Å². The summed E-state index contributed by atoms with van der Waals surface area (Å²) in [5.41, 5.74) is -0.523. The zero-order valence-corrected chi connectivity index (χ0v) is 20.5. The van der Waals surface area contributed by atoms with Gasteiger partial charge in [-0.25, -0.2) is 12.8 Å². The summed E-state index contributed by atoms with van der Waals surface area (Å²) >= 11 is 0. The van der Waals surface area contributed by atoms with Crippen LogP contribution in [0.5, 0.6) is 5.75 Å². The minimum absolute atomic E-state index is 0.0220. The highest BCUT2D eigenvalue weighted by Gasteiger charge is 2.32. The number of anilines is 1. The van der Waals surface area contributed by atoms with Gasteiger partial charge in [0, 0.05) is 30.8 Å². The number of hydrogen-bond acceptors (Lipinski definition) is 7. The molecule has 35 heavy (non-hydrogen) atoms. The molecule has 0 aliphatic heterocycles. The number of hydrogen-bond donors (Lipinski definition) is 1. The van der Waals surface area contributed by atoms with E-state index in [9.17, 15) is 32.5 Å². The molecule has 2 rings (SSSR count). The normalized spacial score (nSPS) is 11.9. The van der Waals surface area contributed by atoms with Gasteiger partial charge in [-0.2, -0.15) is 0 Å². The number of benzene rings is 2. The molecule has 2 aromatic rings. The number of rotatable bonds is 11. The monoisotopic (exact) mass is 510 g/mol. The van der Waals surface area contributed by atoms with Gasteiger partial charge in [0.05, 0.1) is 18.3 Å². The van der Waals surface area contributed by atoms with E-state index in [1.165, 1.54) is 38.3 Å². The Morgan fingerprint density at radius 3 is 2.43 bits per heavy atom. The standard InChI is InChI=1S/C22H27FN4O7S/c1-5-24-22(29)15(2)25(13-16-8-6-7-9-18(16)23)21(28)14-26(35(4,32)33)19-12-17(27(30)31)10-11-20(19)34-3/h6-12,15H,5,13-14H2,1-4H3,(H,24,29)/t15-/m0/s1. The van der Waals surface area contributed by atoms with Crippen molar-refractivity contribution in [2.75, 3.05) is 30.8 Å². The van der Waals surface area contributed by atoms with E-state index >= 15 is 0 Å². The fourth-order valence-corrected chi connectivity index (χ4v) is 4.14. The average Bonchev–Trinajstić information content (AvgIpc) is 2.80. The number of carbonyl (C=O) groups excluding carboxylic acids is 2. The van der Waals surface area contributed by atoms with Crippen molar-refractivity contribution < 1.29 is 32.1 Å². The third-order valence-corrected chi connectivity index (χ3v) is 6.26. The number of nitro groups is 1. The molecule has 0 spiro atoms. The molecule has 0 unspecified atom stereocenters. The van der Waals surface area contributed by atoms with Gasteiger partial charge in [0.25, 0.3) is 5.69 Å². The van der Waals surface area contributed by atoms with Crippen LogP contribution in [0.1, 0.15) is 19.4 Å². The predicted molar refractivity (Wildman–Crippen MR) is 127 cm³/mol. The molecule has 0 bridgehead atoms. The maximum absolute atomic E-state index is 14.3. The Morgan fingerprint density at radius 2 is 1.89 bits per heavy atom. The van der Waals surface area contributed by atoms with E-state index < -0.39 is 50.9 Å². The summed E-state index contributed by atoms with van der Waals surface area (Å²) in [6.07, 6.45) is 0.826. The quantitative estimate of drug-likeness (QED) is 0.361. The number of amides is 2. The summed E-state index contributed by atoms with van der Waals surface area (Å²) in [5.74, 6) is -1.97. The lowest BCUT2D eigenvalue weighted by atomic mass is 10.1. The average molecular weight is 511 g/mol. The highest BCUT2D eigenvalue weighted by molar-refractivity contribution is 7.92. The molecule has 0 aromatic heterocycles. The van der Waals surface area contributed by atoms with E-state index in [0.717, 1.165) is 23.3 Å². The van der Waals surface area contributed by atoms with Crippen LogP contribution in [0.25, 0.3) is 0 Å². The highest BCUT2D eigenvalue weighted by Crippen LogP contribution is 2.33. The molecule has 0 aliphatic rings. The molecule has 190 valence electrons. The van der Waals surface area contributed by atoms with Gasteiger partial charge in [0.15, 0.2) is 0 Å². The largest absolute Gasteiger partial charge is 0.495 e. The van der Waals surface area contributed by atoms with E-state index in [1.807, 2.05) is 0 Å². The van der Waals surface area contributed by atoms with Gasteiger partial charge in [-0.15, -0.1) is 0 Å². The van der Waals surface area contributed by atoms with Crippen molar-refractivity contribution in [1.29, 1.82) is 0 Å². The lowest BCUT2D eigenvalue weighted by Gasteiger charge is -2.31. The van der Waals surface area contributed by atoms with Crippen LogP contribution in [-0.2, 0) is 26.2 Å². The zero-order chi connectivity index (χ0) is 26.3. The van der Waals surface area contributed by atoms with Crippen LogP contribution in [0.4, 0.5) is 15.8 Å². The highest BCUT2D eigenvalue weighted by atomic mass is 32.2. The van der Waals surface area contributed by atoms with Gasteiger partial charge in [0.1, 0.15) is 29.8 Å². The van der Waals surface area contributed by atoms with Crippen LogP contribution in [0, 0.1) is 15.9 Å². The Bertz CT molecular complexity index is 1210. The Labute approximate surface area is 202 Å². The molecule has 0 saturated heterocycles. The van der Waals surface area contributed by atoms with Crippen molar-refractivity contribution in [3.8, 4) is 5.75 Å². The fourth-order valence-electron chi connectivity index (χ4n) is 3.30. The number of methoxy groups -OCH3 is 1. The Hall–Kier alpha value is -3.74. The maximum Gasteiger partial charge on any atom is 0.271 e. The number of carbonyl (C=O) groups is 2. The maximum atomic E-state index is 14.3. The Kier molecular flexibility index (Phi) is 9.12. The first-order valence-electron chi connectivity index (χ1n) is 10.5. The molecule has 2 aromatic carbocycles. The van der Waals surface area contributed by atoms with Crippen LogP contribution in [0.15, 0.2) is 42.5 Å². The number of non-ortho nitro benzene ring substituents is 1. The number of likely N-dealkylation sites (N-methyl/N-ethyl adjacent to an activating group) is 1. The van der Waals surface area contributed by atoms with E-state index in [1.54, 1.807) is 13.0 Å². The summed E-state index contributed by atoms with van der Waals surface area (Å²) in [7, 11) is -2.91. The molecule has 0 radical (unpaired) electrons. The molecule has 13 heteroatoms. The second-order valence-electron chi connectivity index (χ2n) is 7.57. The number of nitrogens with zero attached hydrogens (tertiary/aromatic N) is 3. The first kappa shape index (κ1) is 27.5.